The molecule has 1 unspecified atom stereocenters. The van der Waals surface area contributed by atoms with Gasteiger partial charge in [0.25, 0.3) is 0 Å². The molecule has 1 aliphatic rings. The van der Waals surface area contributed by atoms with E-state index in [9.17, 15) is 0 Å². The first-order valence-corrected chi connectivity index (χ1v) is 7.83. The number of anilines is 1. The summed E-state index contributed by atoms with van der Waals surface area (Å²) in [5, 5.41) is 3.51. The Hall–Kier alpha value is -1.75. The number of rotatable bonds is 4. The maximum absolute atomic E-state index is 5.70. The van der Waals surface area contributed by atoms with Crippen molar-refractivity contribution in [3.63, 3.8) is 0 Å². The predicted molar refractivity (Wildman–Crippen MR) is 86.0 cm³/mol. The van der Waals surface area contributed by atoms with Crippen LogP contribution in [-0.4, -0.2) is 18.2 Å². The van der Waals surface area contributed by atoms with Crippen LogP contribution in [0.25, 0.3) is 0 Å². The molecule has 1 aliphatic heterocycles. The molecule has 1 aromatic carbocycles. The average Bonchev–Trinajstić information content (AvgIpc) is 2.50. The fourth-order valence-electron chi connectivity index (χ4n) is 2.42. The van der Waals surface area contributed by atoms with E-state index in [4.69, 9.17) is 9.47 Å². The molecule has 0 radical (unpaired) electrons. The molecule has 0 saturated heterocycles. The number of hydrogen-bond acceptors (Lipinski definition) is 4. The van der Waals surface area contributed by atoms with Gasteiger partial charge in [0.15, 0.2) is 0 Å². The van der Waals surface area contributed by atoms with E-state index in [0.717, 1.165) is 28.9 Å². The van der Waals surface area contributed by atoms with E-state index in [1.807, 2.05) is 31.2 Å². The first kappa shape index (κ1) is 14.2. The van der Waals surface area contributed by atoms with Crippen molar-refractivity contribution in [2.45, 2.75) is 19.4 Å². The van der Waals surface area contributed by atoms with E-state index in [-0.39, 0.29) is 6.04 Å². The third-order valence-electron chi connectivity index (χ3n) is 3.38. The minimum absolute atomic E-state index is 0.228. The third-order valence-corrected chi connectivity index (χ3v) is 3.87. The van der Waals surface area contributed by atoms with E-state index in [1.54, 1.807) is 6.20 Å². The maximum atomic E-state index is 5.70. The summed E-state index contributed by atoms with van der Waals surface area (Å²) in [6, 6.07) is 10.2. The van der Waals surface area contributed by atoms with Crippen LogP contribution in [-0.2, 0) is 0 Å². The molecule has 4 nitrogen and oxygen atoms in total. The lowest BCUT2D eigenvalue weighted by atomic mass is 10.0. The summed E-state index contributed by atoms with van der Waals surface area (Å²) in [7, 11) is 0. The van der Waals surface area contributed by atoms with Gasteiger partial charge in [0.05, 0.1) is 31.1 Å². The van der Waals surface area contributed by atoms with Gasteiger partial charge < -0.3 is 14.8 Å². The Bertz CT molecular complexity index is 616. The van der Waals surface area contributed by atoms with E-state index < -0.39 is 0 Å². The highest BCUT2D eigenvalue weighted by Gasteiger charge is 2.21. The van der Waals surface area contributed by atoms with Gasteiger partial charge in [0, 0.05) is 22.5 Å². The summed E-state index contributed by atoms with van der Waals surface area (Å²) in [6.45, 7) is 3.29. The topological polar surface area (TPSA) is 43.4 Å². The van der Waals surface area contributed by atoms with Crippen LogP contribution < -0.4 is 14.8 Å². The SMILES string of the molecule is CCOc1ccc(NC2CCOc3ccc(Br)cc32)cn1. The van der Waals surface area contributed by atoms with E-state index >= 15 is 0 Å². The van der Waals surface area contributed by atoms with Gasteiger partial charge in [0.2, 0.25) is 5.88 Å². The number of hydrogen-bond donors (Lipinski definition) is 1. The van der Waals surface area contributed by atoms with Gasteiger partial charge in [-0.15, -0.1) is 0 Å². The number of nitrogens with one attached hydrogen (secondary N) is 1. The van der Waals surface area contributed by atoms with Crippen molar-refractivity contribution in [1.82, 2.24) is 4.98 Å². The van der Waals surface area contributed by atoms with Crippen molar-refractivity contribution in [3.8, 4) is 11.6 Å². The maximum Gasteiger partial charge on any atom is 0.213 e. The normalized spacial score (nSPS) is 16.8. The molecule has 1 atom stereocenters. The lowest BCUT2D eigenvalue weighted by Gasteiger charge is -2.27. The second-order valence-corrected chi connectivity index (χ2v) is 5.75. The standard InChI is InChI=1S/C16H17BrN2O2/c1-2-20-16-6-4-12(10-18-16)19-14-7-8-21-15-5-3-11(17)9-13(14)15/h3-6,9-10,14,19H,2,7-8H2,1H3. The first-order chi connectivity index (χ1) is 10.3. The molecule has 21 heavy (non-hydrogen) atoms. The van der Waals surface area contributed by atoms with Crippen LogP contribution in [0.1, 0.15) is 24.9 Å². The third kappa shape index (κ3) is 3.29. The van der Waals surface area contributed by atoms with Crippen molar-refractivity contribution in [1.29, 1.82) is 0 Å². The summed E-state index contributed by atoms with van der Waals surface area (Å²) in [4.78, 5) is 4.28. The summed E-state index contributed by atoms with van der Waals surface area (Å²) < 4.78 is 12.1. The molecule has 0 fully saturated rings. The molecule has 0 aliphatic carbocycles. The molecule has 0 bridgehead atoms. The molecular weight excluding hydrogens is 332 g/mol. The fourth-order valence-corrected chi connectivity index (χ4v) is 2.79. The van der Waals surface area contributed by atoms with Crippen molar-refractivity contribution < 1.29 is 9.47 Å². The Labute approximate surface area is 132 Å². The van der Waals surface area contributed by atoms with Crippen molar-refractivity contribution in [3.05, 3.63) is 46.6 Å². The number of benzene rings is 1. The van der Waals surface area contributed by atoms with Crippen LogP contribution in [0.5, 0.6) is 11.6 Å². The van der Waals surface area contributed by atoms with E-state index in [1.165, 1.54) is 5.56 Å². The molecule has 0 amide bonds. The van der Waals surface area contributed by atoms with Gasteiger partial charge in [-0.05, 0) is 31.2 Å². The van der Waals surface area contributed by atoms with E-state index in [0.29, 0.717) is 12.5 Å². The molecular formula is C16H17BrN2O2. The number of aromatic nitrogens is 1. The summed E-state index contributed by atoms with van der Waals surface area (Å²) in [5.74, 6) is 1.60. The van der Waals surface area contributed by atoms with Crippen LogP contribution in [0.3, 0.4) is 0 Å². The molecule has 1 N–H and O–H groups in total. The fraction of sp³-hybridized carbons (Fsp3) is 0.312. The number of pyridine rings is 1. The van der Waals surface area contributed by atoms with Crippen LogP contribution >= 0.6 is 15.9 Å². The lowest BCUT2D eigenvalue weighted by molar-refractivity contribution is 0.274. The largest absolute Gasteiger partial charge is 0.493 e. The zero-order valence-corrected chi connectivity index (χ0v) is 13.4. The Morgan fingerprint density at radius 2 is 2.29 bits per heavy atom. The van der Waals surface area contributed by atoms with Gasteiger partial charge in [-0.1, -0.05) is 15.9 Å². The smallest absolute Gasteiger partial charge is 0.213 e. The van der Waals surface area contributed by atoms with Gasteiger partial charge in [-0.2, -0.15) is 0 Å². The molecule has 110 valence electrons. The molecule has 2 aromatic rings. The second kappa shape index (κ2) is 6.35. The minimum Gasteiger partial charge on any atom is -0.493 e. The molecule has 2 heterocycles. The van der Waals surface area contributed by atoms with Crippen LogP contribution in [0.2, 0.25) is 0 Å². The van der Waals surface area contributed by atoms with Crippen LogP contribution in [0, 0.1) is 0 Å². The Morgan fingerprint density at radius 1 is 1.38 bits per heavy atom. The number of halogens is 1. The number of fused-ring (bicyclic) bond motifs is 1. The van der Waals surface area contributed by atoms with Crippen molar-refractivity contribution in [2.24, 2.45) is 0 Å². The summed E-state index contributed by atoms with van der Waals surface area (Å²) in [6.07, 6.45) is 2.73. The van der Waals surface area contributed by atoms with Crippen molar-refractivity contribution >= 4 is 21.6 Å². The predicted octanol–water partition coefficient (Wildman–Crippen LogP) is 4.18. The number of nitrogens with zero attached hydrogens (tertiary/aromatic N) is 1. The molecule has 1 aromatic heterocycles. The lowest BCUT2D eigenvalue weighted by Crippen LogP contribution is -2.20. The van der Waals surface area contributed by atoms with Gasteiger partial charge in [0.1, 0.15) is 5.75 Å². The summed E-state index contributed by atoms with van der Waals surface area (Å²) in [5.41, 5.74) is 2.15. The molecule has 5 heteroatoms. The highest BCUT2D eigenvalue weighted by Crippen LogP contribution is 2.36. The minimum atomic E-state index is 0.228. The van der Waals surface area contributed by atoms with Crippen molar-refractivity contribution in [2.75, 3.05) is 18.5 Å². The highest BCUT2D eigenvalue weighted by atomic mass is 79.9. The Kier molecular flexibility index (Phi) is 4.29. The molecule has 3 rings (SSSR count). The summed E-state index contributed by atoms with van der Waals surface area (Å²) >= 11 is 3.52. The number of ether oxygens (including phenoxy) is 2. The molecule has 0 saturated carbocycles. The zero-order valence-electron chi connectivity index (χ0n) is 11.8. The van der Waals surface area contributed by atoms with Crippen LogP contribution in [0.15, 0.2) is 41.0 Å². The van der Waals surface area contributed by atoms with Gasteiger partial charge in [-0.3, -0.25) is 0 Å². The Morgan fingerprint density at radius 3 is 3.05 bits per heavy atom. The molecule has 0 spiro atoms. The monoisotopic (exact) mass is 348 g/mol. The van der Waals surface area contributed by atoms with Gasteiger partial charge in [-0.25, -0.2) is 4.98 Å². The van der Waals surface area contributed by atoms with Gasteiger partial charge >= 0.3 is 0 Å². The second-order valence-electron chi connectivity index (χ2n) is 4.83. The Balaban J connectivity index is 1.78. The zero-order chi connectivity index (χ0) is 14.7. The van der Waals surface area contributed by atoms with E-state index in [2.05, 4.69) is 32.3 Å². The first-order valence-electron chi connectivity index (χ1n) is 7.04. The highest BCUT2D eigenvalue weighted by molar-refractivity contribution is 9.10. The van der Waals surface area contributed by atoms with Crippen LogP contribution in [0.4, 0.5) is 5.69 Å². The average molecular weight is 349 g/mol. The quantitative estimate of drug-likeness (QED) is 0.899.